The quantitative estimate of drug-likeness (QED) is 0.909. The fraction of sp³-hybridized carbons (Fsp3) is 0.429. The summed E-state index contributed by atoms with van der Waals surface area (Å²) in [5, 5.41) is 11.1. The molecule has 1 unspecified atom stereocenters. The van der Waals surface area contributed by atoms with Crippen LogP contribution in [-0.4, -0.2) is 41.5 Å². The number of halogens is 1. The van der Waals surface area contributed by atoms with Crippen LogP contribution in [0.1, 0.15) is 13.3 Å². The predicted molar refractivity (Wildman–Crippen MR) is 79.5 cm³/mol. The molecule has 1 atom stereocenters. The van der Waals surface area contributed by atoms with Crippen molar-refractivity contribution in [2.24, 2.45) is 0 Å². The van der Waals surface area contributed by atoms with Gasteiger partial charge in [0.1, 0.15) is 0 Å². The van der Waals surface area contributed by atoms with Crippen molar-refractivity contribution in [3.8, 4) is 0 Å². The minimum atomic E-state index is -0.927. The van der Waals surface area contributed by atoms with Crippen molar-refractivity contribution in [3.63, 3.8) is 0 Å². The van der Waals surface area contributed by atoms with Crippen LogP contribution in [0.3, 0.4) is 0 Å². The highest BCUT2D eigenvalue weighted by molar-refractivity contribution is 6.32. The maximum absolute atomic E-state index is 12.6. The second kappa shape index (κ2) is 5.63. The molecule has 3 rings (SSSR count). The van der Waals surface area contributed by atoms with Crippen LogP contribution in [0.15, 0.2) is 18.3 Å². The lowest BCUT2D eigenvalue weighted by atomic mass is 10.0. The molecule has 1 aromatic carbocycles. The maximum atomic E-state index is 12.6. The number of aromatic amines is 1. The van der Waals surface area contributed by atoms with E-state index in [9.17, 15) is 4.79 Å². The highest BCUT2D eigenvalue weighted by atomic mass is 35.5. The molecule has 1 amide bonds. The number of nitrogens with zero attached hydrogens (tertiary/aromatic N) is 1. The summed E-state index contributed by atoms with van der Waals surface area (Å²) in [5.74, 6) is -0.222. The molecule has 0 radical (unpaired) electrons. The number of anilines is 1. The van der Waals surface area contributed by atoms with Gasteiger partial charge in [-0.3, -0.25) is 9.89 Å². The standard InChI is InChI=1S/C14H16ClN3O3/c1-2-21-14(3-4-20-8-14)13(19)17-11-6-10(15)5-9-7-16-18-12(9)11/h5-7H,2-4,8H2,1H3,(H,16,18)(H,17,19). The number of amides is 1. The van der Waals surface area contributed by atoms with Gasteiger partial charge >= 0.3 is 0 Å². The van der Waals surface area contributed by atoms with E-state index in [2.05, 4.69) is 15.5 Å². The molecule has 2 aromatic rings. The zero-order valence-electron chi connectivity index (χ0n) is 11.6. The fourth-order valence-electron chi connectivity index (χ4n) is 2.54. The van der Waals surface area contributed by atoms with Crippen LogP contribution >= 0.6 is 11.6 Å². The van der Waals surface area contributed by atoms with E-state index in [4.69, 9.17) is 21.1 Å². The minimum absolute atomic E-state index is 0.222. The molecule has 1 fully saturated rings. The van der Waals surface area contributed by atoms with Crippen molar-refractivity contribution in [3.05, 3.63) is 23.4 Å². The molecule has 0 bridgehead atoms. The second-order valence-corrected chi connectivity index (χ2v) is 5.41. The number of ether oxygens (including phenoxy) is 2. The summed E-state index contributed by atoms with van der Waals surface area (Å²) in [7, 11) is 0. The van der Waals surface area contributed by atoms with Crippen molar-refractivity contribution < 1.29 is 14.3 Å². The first-order valence-electron chi connectivity index (χ1n) is 6.80. The topological polar surface area (TPSA) is 76.2 Å². The third kappa shape index (κ3) is 2.62. The van der Waals surface area contributed by atoms with E-state index in [1.165, 1.54) is 0 Å². The molecule has 0 saturated carbocycles. The lowest BCUT2D eigenvalue weighted by Gasteiger charge is -2.26. The number of rotatable bonds is 4. The van der Waals surface area contributed by atoms with Crippen molar-refractivity contribution in [2.45, 2.75) is 18.9 Å². The molecular formula is C14H16ClN3O3. The molecule has 0 spiro atoms. The normalized spacial score (nSPS) is 21.8. The Kier molecular flexibility index (Phi) is 3.84. The Morgan fingerprint density at radius 3 is 3.19 bits per heavy atom. The highest BCUT2D eigenvalue weighted by Gasteiger charge is 2.43. The Morgan fingerprint density at radius 2 is 2.48 bits per heavy atom. The molecule has 1 aliphatic heterocycles. The molecule has 0 aliphatic carbocycles. The smallest absolute Gasteiger partial charge is 0.259 e. The average Bonchev–Trinajstić information content (AvgIpc) is 3.08. The number of H-pyrrole nitrogens is 1. The average molecular weight is 310 g/mol. The third-order valence-corrected chi connectivity index (χ3v) is 3.80. The Balaban J connectivity index is 1.90. The number of carbonyl (C=O) groups excluding carboxylic acids is 1. The summed E-state index contributed by atoms with van der Waals surface area (Å²) in [5.41, 5.74) is 0.396. The maximum Gasteiger partial charge on any atom is 0.259 e. The van der Waals surface area contributed by atoms with Crippen molar-refractivity contribution in [1.29, 1.82) is 0 Å². The van der Waals surface area contributed by atoms with Crippen LogP contribution in [0.4, 0.5) is 5.69 Å². The van der Waals surface area contributed by atoms with Crippen LogP contribution in [0.25, 0.3) is 10.9 Å². The zero-order valence-corrected chi connectivity index (χ0v) is 12.4. The van der Waals surface area contributed by atoms with Crippen LogP contribution in [0, 0.1) is 0 Å². The fourth-order valence-corrected chi connectivity index (χ4v) is 2.76. The van der Waals surface area contributed by atoms with Crippen molar-refractivity contribution in [2.75, 3.05) is 25.1 Å². The van der Waals surface area contributed by atoms with E-state index in [-0.39, 0.29) is 12.5 Å². The second-order valence-electron chi connectivity index (χ2n) is 4.97. The zero-order chi connectivity index (χ0) is 14.9. The first-order valence-corrected chi connectivity index (χ1v) is 7.18. The molecule has 1 saturated heterocycles. The Hall–Kier alpha value is -1.63. The highest BCUT2D eigenvalue weighted by Crippen LogP contribution is 2.29. The van der Waals surface area contributed by atoms with Crippen molar-refractivity contribution >= 4 is 34.1 Å². The molecule has 2 N–H and O–H groups in total. The van der Waals surface area contributed by atoms with Crippen LogP contribution in [0.5, 0.6) is 0 Å². The molecule has 21 heavy (non-hydrogen) atoms. The number of carbonyl (C=O) groups is 1. The van der Waals surface area contributed by atoms with Gasteiger partial charge in [-0.25, -0.2) is 0 Å². The Bertz CT molecular complexity index is 665. The summed E-state index contributed by atoms with van der Waals surface area (Å²) >= 11 is 6.07. The molecule has 112 valence electrons. The third-order valence-electron chi connectivity index (χ3n) is 3.58. The summed E-state index contributed by atoms with van der Waals surface area (Å²) in [6.45, 7) is 3.09. The van der Waals surface area contributed by atoms with Crippen LogP contribution in [-0.2, 0) is 14.3 Å². The van der Waals surface area contributed by atoms with E-state index in [1.54, 1.807) is 18.3 Å². The predicted octanol–water partition coefficient (Wildman–Crippen LogP) is 2.35. The van der Waals surface area contributed by atoms with E-state index >= 15 is 0 Å². The van der Waals surface area contributed by atoms with Crippen LogP contribution < -0.4 is 5.32 Å². The van der Waals surface area contributed by atoms with Gasteiger partial charge in [0.2, 0.25) is 0 Å². The molecule has 1 aromatic heterocycles. The molecule has 1 aliphatic rings. The number of benzene rings is 1. The molecule has 6 nitrogen and oxygen atoms in total. The van der Waals surface area contributed by atoms with E-state index in [1.807, 2.05) is 6.92 Å². The van der Waals surface area contributed by atoms with Gasteiger partial charge in [-0.2, -0.15) is 5.10 Å². The number of hydrogen-bond donors (Lipinski definition) is 2. The van der Waals surface area contributed by atoms with Crippen molar-refractivity contribution in [1.82, 2.24) is 10.2 Å². The van der Waals surface area contributed by atoms with Gasteiger partial charge in [0.25, 0.3) is 5.91 Å². The van der Waals surface area contributed by atoms with E-state index in [0.717, 1.165) is 10.9 Å². The number of nitrogens with one attached hydrogen (secondary N) is 2. The SMILES string of the molecule is CCOC1(C(=O)Nc2cc(Cl)cc3cn[nH]c23)CCOC1. The molecule has 2 heterocycles. The number of fused-ring (bicyclic) bond motifs is 1. The van der Waals surface area contributed by atoms with Gasteiger partial charge in [0, 0.05) is 23.4 Å². The Labute approximate surface area is 126 Å². The molecular weight excluding hydrogens is 294 g/mol. The number of aromatic nitrogens is 2. The van der Waals surface area contributed by atoms with Gasteiger partial charge in [-0.15, -0.1) is 0 Å². The molecule has 7 heteroatoms. The summed E-state index contributed by atoms with van der Waals surface area (Å²) in [4.78, 5) is 12.6. The first kappa shape index (κ1) is 14.3. The van der Waals surface area contributed by atoms with Gasteiger partial charge in [0.15, 0.2) is 5.60 Å². The first-order chi connectivity index (χ1) is 10.1. The van der Waals surface area contributed by atoms with Crippen LogP contribution in [0.2, 0.25) is 5.02 Å². The summed E-state index contributed by atoms with van der Waals surface area (Å²) < 4.78 is 11.0. The lowest BCUT2D eigenvalue weighted by Crippen LogP contribution is -2.46. The van der Waals surface area contributed by atoms with E-state index < -0.39 is 5.60 Å². The summed E-state index contributed by atoms with van der Waals surface area (Å²) in [6, 6.07) is 3.47. The summed E-state index contributed by atoms with van der Waals surface area (Å²) in [6.07, 6.45) is 2.20. The lowest BCUT2D eigenvalue weighted by molar-refractivity contribution is -0.140. The number of hydrogen-bond acceptors (Lipinski definition) is 4. The van der Waals surface area contributed by atoms with Gasteiger partial charge in [-0.1, -0.05) is 11.6 Å². The van der Waals surface area contributed by atoms with Gasteiger partial charge in [0.05, 0.1) is 30.6 Å². The van der Waals surface area contributed by atoms with Gasteiger partial charge in [-0.05, 0) is 19.1 Å². The van der Waals surface area contributed by atoms with Gasteiger partial charge < -0.3 is 14.8 Å². The minimum Gasteiger partial charge on any atom is -0.378 e. The monoisotopic (exact) mass is 309 g/mol. The largest absolute Gasteiger partial charge is 0.378 e. The van der Waals surface area contributed by atoms with E-state index in [0.29, 0.717) is 30.3 Å². The Morgan fingerprint density at radius 1 is 1.62 bits per heavy atom.